The van der Waals surface area contributed by atoms with Crippen LogP contribution in [-0.2, 0) is 9.47 Å². The van der Waals surface area contributed by atoms with Crippen LogP contribution in [0.2, 0.25) is 0 Å². The van der Waals surface area contributed by atoms with Gasteiger partial charge in [0, 0.05) is 32.8 Å². The predicted octanol–water partition coefficient (Wildman–Crippen LogP) is 11.4. The van der Waals surface area contributed by atoms with Crippen LogP contribution in [0, 0.1) is 26.7 Å². The average Bonchev–Trinajstić information content (AvgIpc) is 4.26. The van der Waals surface area contributed by atoms with E-state index in [-0.39, 0.29) is 6.10 Å². The lowest BCUT2D eigenvalue weighted by molar-refractivity contribution is 0.0750. The largest absolute Gasteiger partial charge is 0.489 e. The van der Waals surface area contributed by atoms with Crippen LogP contribution >= 0.6 is 0 Å². The number of nitrogens with two attached hydrogens (primary N) is 3. The standard InChI is InChI=1S/C18H28N2O2.C18H30N2O2.C17H26N2O.2C2H6/c1-12-8-17(19)18(22-15-4-5-15)10-16(12)13-6-7-20(2)14(9-13)11-21-3;1-12(2)22-18-10-16(13(3)8-17(18)19)14-6-7-20(4)15(9-14)11-21-5;1-11-8-16(18)17(20-13-4-5-13)9-15(11)14-6-7-19(3)10-12(14)2;2*1-2/h8,10,13-15H,4-7,9,11,19H2,1-3H3;8,10,12,14-15H,6-7,9,11,19H2,1-5H3;8-9,12-14H,4-7,10,18H2,1-3H3;2*1-2H3. The van der Waals surface area contributed by atoms with E-state index < -0.39 is 0 Å². The van der Waals surface area contributed by atoms with E-state index in [4.69, 9.17) is 40.9 Å². The Morgan fingerprint density at radius 3 is 1.35 bits per heavy atom. The molecule has 384 valence electrons. The van der Waals surface area contributed by atoms with Crippen LogP contribution < -0.4 is 31.4 Å². The van der Waals surface area contributed by atoms with Gasteiger partial charge < -0.3 is 55.6 Å². The second kappa shape index (κ2) is 27.6. The molecule has 0 aromatic heterocycles. The highest BCUT2D eigenvalue weighted by Gasteiger charge is 2.32. The van der Waals surface area contributed by atoms with Gasteiger partial charge in [-0.15, -0.1) is 0 Å². The Hall–Kier alpha value is -3.74. The van der Waals surface area contributed by atoms with Crippen LogP contribution in [0.15, 0.2) is 36.4 Å². The summed E-state index contributed by atoms with van der Waals surface area (Å²) >= 11 is 0. The van der Waals surface area contributed by atoms with Gasteiger partial charge in [-0.05, 0) is 227 Å². The molecular formula is C57H96N6O5. The summed E-state index contributed by atoms with van der Waals surface area (Å²) in [6.45, 7) is 27.1. The molecule has 11 nitrogen and oxygen atoms in total. The highest BCUT2D eigenvalue weighted by Crippen LogP contribution is 2.42. The molecule has 0 radical (unpaired) electrons. The summed E-state index contributed by atoms with van der Waals surface area (Å²) in [6.07, 6.45) is 11.4. The first kappa shape index (κ1) is 56.8. The van der Waals surface area contributed by atoms with Gasteiger partial charge in [-0.3, -0.25) is 0 Å². The zero-order chi connectivity index (χ0) is 50.2. The maximum atomic E-state index is 6.14. The Kier molecular flexibility index (Phi) is 23.1. The minimum absolute atomic E-state index is 0.136. The SMILES string of the molecule is CC.CC.COCC1CC(c2cc(OC(C)C)c(N)cc2C)CCN1C.COCC1CC(c2cc(OC3CC3)c(N)cc2C)CCN1C.Cc1cc(N)c(OC2CC2)cc1C1CCN(C)CC1C. The summed E-state index contributed by atoms with van der Waals surface area (Å²) < 4.78 is 28.6. The molecule has 2 saturated carbocycles. The predicted molar refractivity (Wildman–Crippen MR) is 287 cm³/mol. The fraction of sp³-hybridized carbons (Fsp3) is 0.684. The van der Waals surface area contributed by atoms with Crippen molar-refractivity contribution in [1.29, 1.82) is 0 Å². The minimum atomic E-state index is 0.136. The van der Waals surface area contributed by atoms with Crippen molar-refractivity contribution in [1.82, 2.24) is 14.7 Å². The summed E-state index contributed by atoms with van der Waals surface area (Å²) in [6, 6.07) is 13.8. The number of ether oxygens (including phenoxy) is 5. The number of aryl methyl sites for hydroxylation is 3. The number of benzene rings is 3. The molecule has 0 bridgehead atoms. The summed E-state index contributed by atoms with van der Waals surface area (Å²) in [7, 11) is 10.2. The molecule has 5 fully saturated rings. The number of nitrogens with zero attached hydrogens (tertiary/aromatic N) is 3. The quantitative estimate of drug-likeness (QED) is 0.141. The second-order valence-electron chi connectivity index (χ2n) is 20.3. The Bertz CT molecular complexity index is 1880. The van der Waals surface area contributed by atoms with Gasteiger partial charge >= 0.3 is 0 Å². The van der Waals surface area contributed by atoms with Gasteiger partial charge in [0.25, 0.3) is 0 Å². The molecule has 3 aromatic rings. The van der Waals surface area contributed by atoms with Crippen molar-refractivity contribution in [3.8, 4) is 17.2 Å². The maximum absolute atomic E-state index is 6.14. The van der Waals surface area contributed by atoms with Crippen molar-refractivity contribution in [2.75, 3.05) is 92.0 Å². The van der Waals surface area contributed by atoms with E-state index in [0.29, 0.717) is 48.0 Å². The van der Waals surface area contributed by atoms with Gasteiger partial charge in [-0.1, -0.05) is 34.6 Å². The van der Waals surface area contributed by atoms with Crippen LogP contribution in [0.1, 0.15) is 157 Å². The Morgan fingerprint density at radius 1 is 0.559 bits per heavy atom. The number of hydrogen-bond donors (Lipinski definition) is 3. The molecule has 6 N–H and O–H groups in total. The van der Waals surface area contributed by atoms with Crippen LogP contribution in [0.3, 0.4) is 0 Å². The molecule has 6 atom stereocenters. The lowest BCUT2D eigenvalue weighted by atomic mass is 9.80. The number of likely N-dealkylation sites (N-methyl/N-ethyl adjacent to an activating group) is 2. The summed E-state index contributed by atoms with van der Waals surface area (Å²) in [5.41, 5.74) is 28.7. The summed E-state index contributed by atoms with van der Waals surface area (Å²) in [4.78, 5) is 7.24. The fourth-order valence-corrected chi connectivity index (χ4v) is 10.2. The Morgan fingerprint density at radius 2 is 0.956 bits per heavy atom. The van der Waals surface area contributed by atoms with Crippen molar-refractivity contribution in [2.45, 2.75) is 175 Å². The number of methoxy groups -OCH3 is 2. The molecular weight excluding hydrogens is 849 g/mol. The first-order chi connectivity index (χ1) is 32.5. The first-order valence-electron chi connectivity index (χ1n) is 26.3. The fourth-order valence-electron chi connectivity index (χ4n) is 10.2. The molecule has 2 aliphatic carbocycles. The summed E-state index contributed by atoms with van der Waals surface area (Å²) in [5.74, 6) is 5.03. The topological polar surface area (TPSA) is 134 Å². The van der Waals surface area contributed by atoms with E-state index in [9.17, 15) is 0 Å². The second-order valence-corrected chi connectivity index (χ2v) is 20.3. The molecule has 3 aliphatic heterocycles. The van der Waals surface area contributed by atoms with E-state index in [1.807, 2.05) is 41.5 Å². The normalized spacial score (nSPS) is 24.2. The van der Waals surface area contributed by atoms with E-state index in [0.717, 1.165) is 86.3 Å². The molecule has 6 unspecified atom stereocenters. The molecule has 3 aromatic carbocycles. The van der Waals surface area contributed by atoms with Crippen LogP contribution in [0.5, 0.6) is 17.2 Å². The van der Waals surface area contributed by atoms with Gasteiger partial charge in [0.1, 0.15) is 17.2 Å². The number of anilines is 3. The van der Waals surface area contributed by atoms with E-state index >= 15 is 0 Å². The lowest BCUT2D eigenvalue weighted by Gasteiger charge is -2.37. The van der Waals surface area contributed by atoms with Crippen molar-refractivity contribution < 1.29 is 23.7 Å². The van der Waals surface area contributed by atoms with Crippen LogP contribution in [0.4, 0.5) is 17.1 Å². The third-order valence-corrected chi connectivity index (χ3v) is 14.3. The number of likely N-dealkylation sites (tertiary alicyclic amines) is 3. The Balaban J connectivity index is 0.000000214. The molecule has 0 spiro atoms. The average molecular weight is 945 g/mol. The highest BCUT2D eigenvalue weighted by atomic mass is 16.5. The van der Waals surface area contributed by atoms with Crippen molar-refractivity contribution in [3.05, 3.63) is 69.8 Å². The maximum Gasteiger partial charge on any atom is 0.142 e. The molecule has 8 rings (SSSR count). The first-order valence-corrected chi connectivity index (χ1v) is 26.3. The number of piperidine rings is 3. The van der Waals surface area contributed by atoms with Gasteiger partial charge in [-0.2, -0.15) is 0 Å². The molecule has 5 aliphatic rings. The molecule has 3 heterocycles. The molecule has 11 heteroatoms. The highest BCUT2D eigenvalue weighted by molar-refractivity contribution is 5.59. The third kappa shape index (κ3) is 16.4. The monoisotopic (exact) mass is 945 g/mol. The minimum Gasteiger partial charge on any atom is -0.489 e. The van der Waals surface area contributed by atoms with E-state index in [2.05, 4.69) is 99.9 Å². The van der Waals surface area contributed by atoms with Crippen molar-refractivity contribution >= 4 is 17.1 Å². The molecule has 3 saturated heterocycles. The van der Waals surface area contributed by atoms with Crippen molar-refractivity contribution in [2.24, 2.45) is 5.92 Å². The van der Waals surface area contributed by atoms with Gasteiger partial charge in [0.15, 0.2) is 0 Å². The Labute approximate surface area is 414 Å². The van der Waals surface area contributed by atoms with Crippen molar-refractivity contribution in [3.63, 3.8) is 0 Å². The smallest absolute Gasteiger partial charge is 0.142 e. The van der Waals surface area contributed by atoms with Gasteiger partial charge in [-0.25, -0.2) is 0 Å². The number of hydrogen-bond acceptors (Lipinski definition) is 11. The van der Waals surface area contributed by atoms with Crippen LogP contribution in [0.25, 0.3) is 0 Å². The zero-order valence-electron chi connectivity index (χ0n) is 45.4. The molecule has 68 heavy (non-hydrogen) atoms. The third-order valence-electron chi connectivity index (χ3n) is 14.3. The van der Waals surface area contributed by atoms with Crippen LogP contribution in [-0.4, -0.2) is 120 Å². The lowest BCUT2D eigenvalue weighted by Crippen LogP contribution is -2.41. The van der Waals surface area contributed by atoms with Gasteiger partial charge in [0.05, 0.1) is 48.6 Å². The molecule has 0 amide bonds. The van der Waals surface area contributed by atoms with Gasteiger partial charge in [0.2, 0.25) is 0 Å². The number of nitrogen functional groups attached to an aromatic ring is 3. The zero-order valence-corrected chi connectivity index (χ0v) is 45.4. The van der Waals surface area contributed by atoms with E-state index in [1.54, 1.807) is 14.2 Å². The number of rotatable bonds is 13. The van der Waals surface area contributed by atoms with E-state index in [1.165, 1.54) is 78.6 Å². The summed E-state index contributed by atoms with van der Waals surface area (Å²) in [5, 5.41) is 0.